The van der Waals surface area contributed by atoms with E-state index in [0.717, 1.165) is 20.9 Å². The van der Waals surface area contributed by atoms with Gasteiger partial charge in [0, 0.05) is 28.1 Å². The quantitative estimate of drug-likeness (QED) is 0.0735. The number of aliphatic carboxylic acids is 1. The monoisotopic (exact) mass is 1040 g/mol. The van der Waals surface area contributed by atoms with E-state index >= 15 is 14.4 Å². The van der Waals surface area contributed by atoms with Crippen LogP contribution >= 0.6 is 46.4 Å². The summed E-state index contributed by atoms with van der Waals surface area (Å²) in [5.41, 5.74) is -0.305. The molecule has 0 aliphatic carbocycles. The van der Waals surface area contributed by atoms with E-state index in [1.807, 2.05) is 27.7 Å². The highest BCUT2D eigenvalue weighted by Crippen LogP contribution is 2.49. The third-order valence-electron chi connectivity index (χ3n) is 11.8. The summed E-state index contributed by atoms with van der Waals surface area (Å²) in [5, 5.41) is 10.3. The SMILES string of the molecule is CCOC(=O)C(CC)(C(C(=O)N(CC(=O)O)c1cc(Cl)c(Oc2ccc(OC)c(C(C)C)c2)c(Cl)c1)c1ccccc1)N(C(=O)c1ccccc1)c1cc(Cl)c(Oc2ccc(OC)c(C(C)C)c2)c(Cl)c1. The molecule has 0 spiro atoms. The molecular formula is C55H54Cl4N2O10. The summed E-state index contributed by atoms with van der Waals surface area (Å²) < 4.78 is 29.5. The van der Waals surface area contributed by atoms with Crippen molar-refractivity contribution in [2.45, 2.75) is 71.3 Å². The molecule has 1 N–H and O–H groups in total. The number of hydrogen-bond acceptors (Lipinski definition) is 9. The summed E-state index contributed by atoms with van der Waals surface area (Å²) >= 11 is 28.0. The van der Waals surface area contributed by atoms with Gasteiger partial charge in [-0.25, -0.2) is 4.79 Å². The molecule has 71 heavy (non-hydrogen) atoms. The smallest absolute Gasteiger partial charge is 0.333 e. The molecule has 0 aliphatic rings. The highest BCUT2D eigenvalue weighted by Gasteiger charge is 2.58. The molecule has 12 nitrogen and oxygen atoms in total. The summed E-state index contributed by atoms with van der Waals surface area (Å²) in [5.74, 6) is -3.47. The Morgan fingerprint density at radius 2 is 1.07 bits per heavy atom. The minimum Gasteiger partial charge on any atom is -0.496 e. The first-order chi connectivity index (χ1) is 33.9. The summed E-state index contributed by atoms with van der Waals surface area (Å²) in [4.78, 5) is 61.8. The fourth-order valence-electron chi connectivity index (χ4n) is 8.46. The summed E-state index contributed by atoms with van der Waals surface area (Å²) in [7, 11) is 3.15. The van der Waals surface area contributed by atoms with Crippen molar-refractivity contribution in [1.82, 2.24) is 0 Å². The van der Waals surface area contributed by atoms with E-state index in [1.165, 1.54) is 24.3 Å². The average molecular weight is 1040 g/mol. The molecule has 0 fully saturated rings. The predicted molar refractivity (Wildman–Crippen MR) is 279 cm³/mol. The minimum atomic E-state index is -2.31. The first-order valence-corrected chi connectivity index (χ1v) is 24.3. The summed E-state index contributed by atoms with van der Waals surface area (Å²) in [6.07, 6.45) is -0.275. The van der Waals surface area contributed by atoms with Gasteiger partial charge in [0.15, 0.2) is 17.0 Å². The number of carbonyl (C=O) groups is 4. The second-order valence-electron chi connectivity index (χ2n) is 17.0. The molecule has 2 amide bonds. The number of ether oxygens (including phenoxy) is 5. The van der Waals surface area contributed by atoms with Crippen molar-refractivity contribution in [1.29, 1.82) is 0 Å². The number of carboxylic acid groups (broad SMARTS) is 1. The van der Waals surface area contributed by atoms with Gasteiger partial charge in [0.05, 0.1) is 46.8 Å². The maximum atomic E-state index is 16.0. The van der Waals surface area contributed by atoms with Crippen LogP contribution in [0.25, 0.3) is 0 Å². The van der Waals surface area contributed by atoms with Gasteiger partial charge in [0.1, 0.15) is 29.5 Å². The van der Waals surface area contributed by atoms with E-state index in [2.05, 4.69) is 0 Å². The normalized spacial score (nSPS) is 12.4. The Hall–Kier alpha value is -6.44. The van der Waals surface area contributed by atoms with Crippen LogP contribution in [0.3, 0.4) is 0 Å². The number of amides is 2. The molecule has 0 saturated heterocycles. The fourth-order valence-corrected chi connectivity index (χ4v) is 9.56. The molecule has 2 atom stereocenters. The third-order valence-corrected chi connectivity index (χ3v) is 13.0. The van der Waals surface area contributed by atoms with Crippen LogP contribution in [0.2, 0.25) is 20.1 Å². The van der Waals surface area contributed by atoms with Crippen LogP contribution in [0.1, 0.15) is 92.8 Å². The highest BCUT2D eigenvalue weighted by atomic mass is 35.5. The number of nitrogens with zero attached hydrogens (tertiary/aromatic N) is 2. The number of anilines is 2. The Morgan fingerprint density at radius 1 is 0.620 bits per heavy atom. The van der Waals surface area contributed by atoms with Crippen molar-refractivity contribution in [3.05, 3.63) is 164 Å². The molecule has 2 unspecified atom stereocenters. The van der Waals surface area contributed by atoms with E-state index < -0.39 is 41.8 Å². The topological polar surface area (TPSA) is 141 Å². The van der Waals surface area contributed by atoms with Crippen LogP contribution in [0.15, 0.2) is 121 Å². The molecule has 0 saturated carbocycles. The van der Waals surface area contributed by atoms with E-state index in [4.69, 9.17) is 70.1 Å². The van der Waals surface area contributed by atoms with Gasteiger partial charge in [-0.2, -0.15) is 0 Å². The minimum absolute atomic E-state index is 0.0148. The summed E-state index contributed by atoms with van der Waals surface area (Å²) in [6.45, 7) is 10.1. The number of methoxy groups -OCH3 is 2. The molecule has 6 aromatic rings. The number of carbonyl (C=O) groups excluding carboxylic acids is 3. The number of esters is 1. The van der Waals surface area contributed by atoms with Gasteiger partial charge in [-0.05, 0) is 104 Å². The molecule has 372 valence electrons. The Balaban J connectivity index is 1.57. The lowest BCUT2D eigenvalue weighted by molar-refractivity contribution is -0.152. The maximum absolute atomic E-state index is 16.0. The van der Waals surface area contributed by atoms with Gasteiger partial charge in [-0.15, -0.1) is 0 Å². The van der Waals surface area contributed by atoms with Crippen LogP contribution in [-0.2, 0) is 19.1 Å². The Bertz CT molecular complexity index is 2850. The number of benzene rings is 6. The van der Waals surface area contributed by atoms with Crippen molar-refractivity contribution < 1.29 is 48.0 Å². The molecule has 0 radical (unpaired) electrons. The van der Waals surface area contributed by atoms with Crippen LogP contribution in [0.5, 0.6) is 34.5 Å². The van der Waals surface area contributed by atoms with E-state index in [1.54, 1.807) is 125 Å². The second kappa shape index (κ2) is 23.6. The van der Waals surface area contributed by atoms with Crippen LogP contribution in [0, 0.1) is 0 Å². The molecule has 6 rings (SSSR count). The van der Waals surface area contributed by atoms with Gasteiger partial charge in [-0.3, -0.25) is 19.3 Å². The molecule has 0 heterocycles. The van der Waals surface area contributed by atoms with Crippen molar-refractivity contribution in [2.75, 3.05) is 37.2 Å². The number of carboxylic acids is 1. The van der Waals surface area contributed by atoms with Crippen LogP contribution in [-0.4, -0.2) is 61.8 Å². The zero-order valence-electron chi connectivity index (χ0n) is 40.4. The zero-order chi connectivity index (χ0) is 51.7. The van der Waals surface area contributed by atoms with Crippen LogP contribution < -0.4 is 28.7 Å². The lowest BCUT2D eigenvalue weighted by Crippen LogP contribution is -2.64. The molecule has 0 bridgehead atoms. The number of halogens is 4. The fraction of sp³-hybridized carbons (Fsp3) is 0.273. The first kappa shape index (κ1) is 53.9. The second-order valence-corrected chi connectivity index (χ2v) is 18.6. The number of rotatable bonds is 20. The molecule has 0 aromatic heterocycles. The lowest BCUT2D eigenvalue weighted by Gasteiger charge is -2.46. The standard InChI is InChI=1S/C55H54Cl4N2O10/c1-9-55(54(66)69-10-2,61(52(64)35-19-15-12-16-20-35)37-27-44(58)51(45(59)28-37)71-39-22-24-47(68-8)41(30-39)33(5)6)49(34-17-13-11-14-18-34)53(65)60(31-48(62)63)36-25-42(56)50(43(57)26-36)70-38-21-23-46(67-7)40(29-38)32(3)4/h11-30,32-33,49H,9-10,31H2,1-8H3,(H,62,63). The van der Waals surface area contributed by atoms with Crippen LogP contribution in [0.4, 0.5) is 11.4 Å². The van der Waals surface area contributed by atoms with E-state index in [9.17, 15) is 9.90 Å². The molecular weight excluding hydrogens is 990 g/mol. The van der Waals surface area contributed by atoms with Crippen molar-refractivity contribution in [3.63, 3.8) is 0 Å². The lowest BCUT2D eigenvalue weighted by atomic mass is 9.74. The Kier molecular flexibility index (Phi) is 18.0. The van der Waals surface area contributed by atoms with Gasteiger partial charge in [0.25, 0.3) is 5.91 Å². The zero-order valence-corrected chi connectivity index (χ0v) is 43.5. The Morgan fingerprint density at radius 3 is 1.48 bits per heavy atom. The average Bonchev–Trinajstić information content (AvgIpc) is 3.35. The predicted octanol–water partition coefficient (Wildman–Crippen LogP) is 14.4. The van der Waals surface area contributed by atoms with Crippen molar-refractivity contribution in [3.8, 4) is 34.5 Å². The first-order valence-electron chi connectivity index (χ1n) is 22.7. The van der Waals surface area contributed by atoms with Gasteiger partial charge in [0.2, 0.25) is 5.91 Å². The van der Waals surface area contributed by atoms with E-state index in [0.29, 0.717) is 23.0 Å². The van der Waals surface area contributed by atoms with Gasteiger partial charge in [-0.1, -0.05) is 130 Å². The Labute approximate surface area is 433 Å². The highest BCUT2D eigenvalue weighted by molar-refractivity contribution is 6.38. The molecule has 0 aliphatic heterocycles. The molecule has 6 aromatic carbocycles. The van der Waals surface area contributed by atoms with Gasteiger partial charge < -0.3 is 33.7 Å². The van der Waals surface area contributed by atoms with Gasteiger partial charge >= 0.3 is 11.9 Å². The third kappa shape index (κ3) is 11.7. The molecule has 16 heteroatoms. The van der Waals surface area contributed by atoms with Crippen molar-refractivity contribution >= 4 is 81.5 Å². The van der Waals surface area contributed by atoms with Crippen molar-refractivity contribution in [2.24, 2.45) is 0 Å². The van der Waals surface area contributed by atoms with E-state index in [-0.39, 0.29) is 79.0 Å². The summed E-state index contributed by atoms with van der Waals surface area (Å²) in [6, 6.07) is 32.3. The largest absolute Gasteiger partial charge is 0.496 e. The maximum Gasteiger partial charge on any atom is 0.333 e. The number of hydrogen-bond donors (Lipinski definition) is 1.